The van der Waals surface area contributed by atoms with Gasteiger partial charge in [0.2, 0.25) is 0 Å². The van der Waals surface area contributed by atoms with Gasteiger partial charge in [0.1, 0.15) is 16.5 Å². The van der Waals surface area contributed by atoms with Gasteiger partial charge in [-0.2, -0.15) is 0 Å². The van der Waals surface area contributed by atoms with E-state index in [1.54, 1.807) is 39.3 Å². The summed E-state index contributed by atoms with van der Waals surface area (Å²) in [6.07, 6.45) is 3.04. The second-order valence-corrected chi connectivity index (χ2v) is 7.52. The molecule has 0 aliphatic rings. The molecule has 29 heavy (non-hydrogen) atoms. The first-order chi connectivity index (χ1) is 13.9. The van der Waals surface area contributed by atoms with Crippen LogP contribution in [0.1, 0.15) is 36.2 Å². The molecule has 0 fully saturated rings. The molecule has 2 heterocycles. The maximum absolute atomic E-state index is 14.4. The first-order valence-electron chi connectivity index (χ1n) is 8.66. The number of carbonyl (C=O) groups excluding carboxylic acids is 2. The highest BCUT2D eigenvalue weighted by Crippen LogP contribution is 2.23. The van der Waals surface area contributed by atoms with Crippen LogP contribution in [-0.2, 0) is 11.3 Å². The van der Waals surface area contributed by atoms with E-state index in [0.717, 1.165) is 10.6 Å². The molecule has 0 bridgehead atoms. The number of hydrogen-bond donors (Lipinski definition) is 2. The van der Waals surface area contributed by atoms with Crippen molar-refractivity contribution in [2.45, 2.75) is 20.5 Å². The minimum absolute atomic E-state index is 0.200. The summed E-state index contributed by atoms with van der Waals surface area (Å²) < 4.78 is 19.4. The second kappa shape index (κ2) is 8.89. The monoisotopic (exact) mass is 414 g/mol. The number of amides is 2. The fourth-order valence-corrected chi connectivity index (χ4v) is 3.24. The molecule has 0 spiro atoms. The summed E-state index contributed by atoms with van der Waals surface area (Å²) in [4.78, 5) is 33.5. The van der Waals surface area contributed by atoms with Crippen molar-refractivity contribution in [1.29, 1.82) is 0 Å². The van der Waals surface area contributed by atoms with E-state index in [9.17, 15) is 14.0 Å². The van der Waals surface area contributed by atoms with Crippen LogP contribution in [0.15, 0.2) is 36.7 Å². The largest absolute Gasteiger partial charge is 0.380 e. The summed E-state index contributed by atoms with van der Waals surface area (Å²) in [5.41, 5.74) is 1.48. The standard InChI is InChI=1S/C20H19FN4O3S/c1-11-6-15(21)14(7-16(11)24-20(27)17-9-22-12(2)29-17)19(26)25-18-5-4-13(8-23-18)10-28-3/h4-9H,10H2,1-3H3,(H,24,27)(H,23,25,26). The third-order valence-electron chi connectivity index (χ3n) is 4.03. The van der Waals surface area contributed by atoms with Crippen molar-refractivity contribution >= 4 is 34.7 Å². The normalized spacial score (nSPS) is 10.6. The lowest BCUT2D eigenvalue weighted by atomic mass is 10.1. The number of aromatic nitrogens is 2. The lowest BCUT2D eigenvalue weighted by Crippen LogP contribution is -2.17. The number of nitrogens with one attached hydrogen (secondary N) is 2. The fraction of sp³-hybridized carbons (Fsp3) is 0.200. The minimum atomic E-state index is -0.692. The van der Waals surface area contributed by atoms with E-state index in [1.165, 1.54) is 29.7 Å². The second-order valence-electron chi connectivity index (χ2n) is 6.28. The molecule has 2 amide bonds. The highest BCUT2D eigenvalue weighted by Gasteiger charge is 2.17. The van der Waals surface area contributed by atoms with Gasteiger partial charge in [0.15, 0.2) is 0 Å². The molecular weight excluding hydrogens is 395 g/mol. The Balaban J connectivity index is 1.78. The number of pyridine rings is 1. The summed E-state index contributed by atoms with van der Waals surface area (Å²) in [6, 6.07) is 5.87. The summed E-state index contributed by atoms with van der Waals surface area (Å²) in [7, 11) is 1.57. The number of halogens is 1. The number of carbonyl (C=O) groups is 2. The molecule has 0 aliphatic heterocycles. The first-order valence-corrected chi connectivity index (χ1v) is 9.48. The summed E-state index contributed by atoms with van der Waals surface area (Å²) in [6.45, 7) is 3.84. The molecular formula is C20H19FN4O3S. The molecule has 3 aromatic rings. The maximum Gasteiger partial charge on any atom is 0.267 e. The molecule has 3 rings (SSSR count). The SMILES string of the molecule is COCc1ccc(NC(=O)c2cc(NC(=O)c3cnc(C)s3)c(C)cc2F)nc1. The van der Waals surface area contributed by atoms with E-state index in [1.807, 2.05) is 0 Å². The van der Waals surface area contributed by atoms with Crippen molar-refractivity contribution in [3.63, 3.8) is 0 Å². The lowest BCUT2D eigenvalue weighted by molar-refractivity contribution is 0.101. The van der Waals surface area contributed by atoms with E-state index in [0.29, 0.717) is 22.7 Å². The average molecular weight is 414 g/mol. The van der Waals surface area contributed by atoms with Gasteiger partial charge in [-0.05, 0) is 43.2 Å². The quantitative estimate of drug-likeness (QED) is 0.637. The van der Waals surface area contributed by atoms with Crippen LogP contribution in [0.2, 0.25) is 0 Å². The third-order valence-corrected chi connectivity index (χ3v) is 4.94. The summed E-state index contributed by atoms with van der Waals surface area (Å²) in [5, 5.41) is 6.01. The van der Waals surface area contributed by atoms with Gasteiger partial charge >= 0.3 is 0 Å². The first kappa shape index (κ1) is 20.6. The molecule has 0 saturated heterocycles. The number of hydrogen-bond acceptors (Lipinski definition) is 6. The molecule has 1 aromatic carbocycles. The number of ether oxygens (including phenoxy) is 1. The Kier molecular flexibility index (Phi) is 6.30. The van der Waals surface area contributed by atoms with Gasteiger partial charge in [0.25, 0.3) is 11.8 Å². The van der Waals surface area contributed by atoms with Gasteiger partial charge in [-0.25, -0.2) is 14.4 Å². The summed E-state index contributed by atoms with van der Waals surface area (Å²) in [5.74, 6) is -1.45. The molecule has 0 aliphatic carbocycles. The fourth-order valence-electron chi connectivity index (χ4n) is 2.57. The molecule has 150 valence electrons. The third kappa shape index (κ3) is 5.01. The van der Waals surface area contributed by atoms with E-state index in [2.05, 4.69) is 20.6 Å². The predicted molar refractivity (Wildman–Crippen MR) is 109 cm³/mol. The molecule has 0 radical (unpaired) electrons. The van der Waals surface area contributed by atoms with Crippen LogP contribution < -0.4 is 10.6 Å². The van der Waals surface area contributed by atoms with Gasteiger partial charge < -0.3 is 15.4 Å². The van der Waals surface area contributed by atoms with Crippen LogP contribution in [0.3, 0.4) is 0 Å². The molecule has 0 unspecified atom stereocenters. The van der Waals surface area contributed by atoms with Gasteiger partial charge in [0.05, 0.1) is 23.4 Å². The van der Waals surface area contributed by atoms with Crippen LogP contribution in [0.25, 0.3) is 0 Å². The predicted octanol–water partition coefficient (Wildman–Crippen LogP) is 3.95. The Morgan fingerprint density at radius 3 is 2.52 bits per heavy atom. The Morgan fingerprint density at radius 2 is 1.90 bits per heavy atom. The zero-order chi connectivity index (χ0) is 21.0. The van der Waals surface area contributed by atoms with Crippen LogP contribution in [-0.4, -0.2) is 28.9 Å². The Labute approximate surface area is 171 Å². The van der Waals surface area contributed by atoms with Gasteiger partial charge in [0, 0.05) is 19.0 Å². The van der Waals surface area contributed by atoms with Gasteiger partial charge in [-0.3, -0.25) is 9.59 Å². The number of thiazole rings is 1. The number of rotatable bonds is 6. The Hall–Kier alpha value is -3.17. The molecule has 9 heteroatoms. The van der Waals surface area contributed by atoms with E-state index >= 15 is 0 Å². The topological polar surface area (TPSA) is 93.2 Å². The highest BCUT2D eigenvalue weighted by molar-refractivity contribution is 7.13. The molecule has 0 saturated carbocycles. The van der Waals surface area contributed by atoms with Crippen molar-refractivity contribution in [2.75, 3.05) is 17.7 Å². The van der Waals surface area contributed by atoms with Crippen molar-refractivity contribution in [3.05, 3.63) is 69.1 Å². The van der Waals surface area contributed by atoms with Crippen LogP contribution in [0, 0.1) is 19.7 Å². The van der Waals surface area contributed by atoms with Crippen LogP contribution >= 0.6 is 11.3 Å². The Bertz CT molecular complexity index is 1050. The minimum Gasteiger partial charge on any atom is -0.380 e. The highest BCUT2D eigenvalue weighted by atomic mass is 32.1. The number of methoxy groups -OCH3 is 1. The van der Waals surface area contributed by atoms with Gasteiger partial charge in [-0.15, -0.1) is 11.3 Å². The van der Waals surface area contributed by atoms with Gasteiger partial charge in [-0.1, -0.05) is 6.07 Å². The van der Waals surface area contributed by atoms with Crippen LogP contribution in [0.4, 0.5) is 15.9 Å². The number of benzene rings is 1. The maximum atomic E-state index is 14.4. The molecule has 0 atom stereocenters. The van der Waals surface area contributed by atoms with Crippen molar-refractivity contribution in [1.82, 2.24) is 9.97 Å². The van der Waals surface area contributed by atoms with Crippen molar-refractivity contribution in [2.24, 2.45) is 0 Å². The van der Waals surface area contributed by atoms with Crippen molar-refractivity contribution < 1.29 is 18.7 Å². The number of nitrogens with zero attached hydrogens (tertiary/aromatic N) is 2. The Morgan fingerprint density at radius 1 is 1.10 bits per heavy atom. The number of aryl methyl sites for hydroxylation is 2. The molecule has 7 nitrogen and oxygen atoms in total. The smallest absolute Gasteiger partial charge is 0.267 e. The average Bonchev–Trinajstić information content (AvgIpc) is 3.12. The van der Waals surface area contributed by atoms with E-state index in [-0.39, 0.29) is 17.3 Å². The molecule has 2 N–H and O–H groups in total. The van der Waals surface area contributed by atoms with E-state index < -0.39 is 11.7 Å². The van der Waals surface area contributed by atoms with Crippen LogP contribution in [0.5, 0.6) is 0 Å². The number of anilines is 2. The summed E-state index contributed by atoms with van der Waals surface area (Å²) >= 11 is 1.25. The lowest BCUT2D eigenvalue weighted by Gasteiger charge is -2.11. The zero-order valence-corrected chi connectivity index (χ0v) is 16.9. The zero-order valence-electron chi connectivity index (χ0n) is 16.1. The molecule has 2 aromatic heterocycles. The van der Waals surface area contributed by atoms with Crippen molar-refractivity contribution in [3.8, 4) is 0 Å². The van der Waals surface area contributed by atoms with E-state index in [4.69, 9.17) is 4.74 Å².